The van der Waals surface area contributed by atoms with Crippen LogP contribution in [0.25, 0.3) is 0 Å². The molecule has 0 saturated heterocycles. The number of pyridine rings is 2. The van der Waals surface area contributed by atoms with Crippen molar-refractivity contribution in [2.45, 2.75) is 49.9 Å². The number of aromatic nitrogens is 2. The number of carbonyl (C=O) groups excluding carboxylic acids is 1. The number of amides is 2. The Morgan fingerprint density at radius 2 is 1.71 bits per heavy atom. The minimum absolute atomic E-state index is 0.0109. The van der Waals surface area contributed by atoms with Crippen LogP contribution in [0, 0.1) is 5.82 Å². The lowest BCUT2D eigenvalue weighted by Gasteiger charge is -2.36. The van der Waals surface area contributed by atoms with Gasteiger partial charge in [-0.05, 0) is 66.4 Å². The minimum atomic E-state index is -4.79. The molecule has 1 aromatic carbocycles. The highest BCUT2D eigenvalue weighted by Crippen LogP contribution is 2.38. The molecule has 4 rings (SSSR count). The molecular formula is C25H23ClF4N4O. The predicted molar refractivity (Wildman–Crippen MR) is 123 cm³/mol. The average Bonchev–Trinajstić information content (AvgIpc) is 3.31. The molecule has 0 radical (unpaired) electrons. The first-order chi connectivity index (χ1) is 16.7. The molecule has 1 fully saturated rings. The highest BCUT2D eigenvalue weighted by atomic mass is 35.5. The summed E-state index contributed by atoms with van der Waals surface area (Å²) in [6.45, 7) is 0. The number of urea groups is 1. The molecule has 5 nitrogen and oxygen atoms in total. The van der Waals surface area contributed by atoms with E-state index < -0.39 is 29.1 Å². The molecule has 2 aromatic heterocycles. The molecule has 2 N–H and O–H groups in total. The van der Waals surface area contributed by atoms with Crippen LogP contribution < -0.4 is 10.6 Å². The first-order valence-corrected chi connectivity index (χ1v) is 11.5. The summed E-state index contributed by atoms with van der Waals surface area (Å²) in [4.78, 5) is 21.5. The summed E-state index contributed by atoms with van der Waals surface area (Å²) in [5.74, 6) is -1.08. The van der Waals surface area contributed by atoms with Crippen LogP contribution in [0.2, 0.25) is 5.02 Å². The van der Waals surface area contributed by atoms with Crippen LogP contribution in [0.1, 0.15) is 48.1 Å². The summed E-state index contributed by atoms with van der Waals surface area (Å²) in [6.07, 6.45) is 3.15. The van der Waals surface area contributed by atoms with Crippen molar-refractivity contribution in [2.24, 2.45) is 0 Å². The fourth-order valence-electron chi connectivity index (χ4n) is 4.44. The normalized spacial score (nSPS) is 16.0. The Hall–Kier alpha value is -3.20. The van der Waals surface area contributed by atoms with Gasteiger partial charge < -0.3 is 10.6 Å². The molecule has 2 amide bonds. The number of halogens is 5. The van der Waals surface area contributed by atoms with E-state index in [0.29, 0.717) is 16.7 Å². The minimum Gasteiger partial charge on any atom is -0.335 e. The zero-order valence-electron chi connectivity index (χ0n) is 18.6. The van der Waals surface area contributed by atoms with Crippen molar-refractivity contribution in [2.75, 3.05) is 0 Å². The Morgan fingerprint density at radius 1 is 1.03 bits per heavy atom. The molecule has 0 unspecified atom stereocenters. The summed E-state index contributed by atoms with van der Waals surface area (Å²) < 4.78 is 55.5. The summed E-state index contributed by atoms with van der Waals surface area (Å²) in [5.41, 5.74) is -2.05. The van der Waals surface area contributed by atoms with Crippen LogP contribution in [0.3, 0.4) is 0 Å². The van der Waals surface area contributed by atoms with Crippen molar-refractivity contribution >= 4 is 17.6 Å². The number of nitrogens with one attached hydrogen (secondary N) is 2. The first kappa shape index (κ1) is 24.9. The highest BCUT2D eigenvalue weighted by Gasteiger charge is 2.41. The van der Waals surface area contributed by atoms with Gasteiger partial charge in [-0.25, -0.2) is 9.18 Å². The molecular weight excluding hydrogens is 484 g/mol. The maximum absolute atomic E-state index is 14.6. The molecule has 1 aliphatic rings. The summed E-state index contributed by atoms with van der Waals surface area (Å²) in [6, 6.07) is 8.00. The van der Waals surface area contributed by atoms with Crippen LogP contribution in [-0.2, 0) is 18.1 Å². The van der Waals surface area contributed by atoms with Crippen LogP contribution in [0.5, 0.6) is 0 Å². The van der Waals surface area contributed by atoms with Gasteiger partial charge in [-0.2, -0.15) is 13.2 Å². The zero-order chi connectivity index (χ0) is 25.1. The Labute approximate surface area is 204 Å². The highest BCUT2D eigenvalue weighted by molar-refractivity contribution is 6.30. The van der Waals surface area contributed by atoms with E-state index in [0.717, 1.165) is 37.8 Å². The molecule has 0 spiro atoms. The van der Waals surface area contributed by atoms with Crippen LogP contribution in [0.15, 0.2) is 61.1 Å². The number of hydrogen-bond acceptors (Lipinski definition) is 3. The zero-order valence-corrected chi connectivity index (χ0v) is 19.3. The van der Waals surface area contributed by atoms with E-state index in [1.54, 1.807) is 12.1 Å². The SMILES string of the molecule is O=C(NC1CCCC1)N[C@](Cc1ccncc1)(c1cc(F)cc(C(F)(F)F)c1)c1ccc(Cl)cn1. The van der Waals surface area contributed by atoms with Gasteiger partial charge in [0.25, 0.3) is 0 Å². The van der Waals surface area contributed by atoms with Crippen molar-refractivity contribution in [1.82, 2.24) is 20.6 Å². The van der Waals surface area contributed by atoms with Crippen LogP contribution in [-0.4, -0.2) is 22.0 Å². The largest absolute Gasteiger partial charge is 0.416 e. The fourth-order valence-corrected chi connectivity index (χ4v) is 4.55. The average molecular weight is 507 g/mol. The van der Waals surface area contributed by atoms with E-state index in [1.807, 2.05) is 0 Å². The number of alkyl halides is 3. The third kappa shape index (κ3) is 5.90. The lowest BCUT2D eigenvalue weighted by atomic mass is 9.80. The third-order valence-corrected chi connectivity index (χ3v) is 6.34. The standard InChI is InChI=1S/C25H23ClF4N4O/c26-19-5-6-22(32-15-19)24(14-16-7-9-31-10-8-16,34-23(35)33-21-3-1-2-4-21)17-11-18(25(28,29)30)13-20(27)12-17/h5-13,15,21H,1-4,14H2,(H2,33,34,35)/t24-/m1/s1. The van der Waals surface area contributed by atoms with Gasteiger partial charge in [0.15, 0.2) is 0 Å². The number of hydrogen-bond donors (Lipinski definition) is 2. The number of benzene rings is 1. The molecule has 0 bridgehead atoms. The van der Waals surface area contributed by atoms with Gasteiger partial charge in [-0.1, -0.05) is 24.4 Å². The molecule has 35 heavy (non-hydrogen) atoms. The summed E-state index contributed by atoms with van der Waals surface area (Å²) in [5, 5.41) is 6.05. The van der Waals surface area contributed by atoms with Crippen molar-refractivity contribution in [3.63, 3.8) is 0 Å². The van der Waals surface area contributed by atoms with E-state index in [1.165, 1.54) is 30.7 Å². The maximum Gasteiger partial charge on any atom is 0.416 e. The number of nitrogens with zero attached hydrogens (tertiary/aromatic N) is 2. The molecule has 1 atom stereocenters. The number of rotatable bonds is 6. The Bertz CT molecular complexity index is 1170. The Kier molecular flexibility index (Phi) is 7.25. The van der Waals surface area contributed by atoms with Crippen molar-refractivity contribution in [3.8, 4) is 0 Å². The number of carbonyl (C=O) groups is 1. The lowest BCUT2D eigenvalue weighted by Crippen LogP contribution is -2.54. The predicted octanol–water partition coefficient (Wildman–Crippen LogP) is 6.02. The second-order valence-corrected chi connectivity index (χ2v) is 9.04. The topological polar surface area (TPSA) is 66.9 Å². The monoisotopic (exact) mass is 506 g/mol. The van der Waals surface area contributed by atoms with Gasteiger partial charge in [0, 0.05) is 31.1 Å². The quantitative estimate of drug-likeness (QED) is 0.402. The van der Waals surface area contributed by atoms with Crippen LogP contribution in [0.4, 0.5) is 22.4 Å². The Balaban J connectivity index is 1.89. The van der Waals surface area contributed by atoms with Gasteiger partial charge in [-0.3, -0.25) is 9.97 Å². The second kappa shape index (κ2) is 10.2. The van der Waals surface area contributed by atoms with Gasteiger partial charge in [0.2, 0.25) is 0 Å². The van der Waals surface area contributed by atoms with Gasteiger partial charge in [0.05, 0.1) is 16.3 Å². The smallest absolute Gasteiger partial charge is 0.335 e. The molecule has 0 aliphatic heterocycles. The second-order valence-electron chi connectivity index (χ2n) is 8.61. The van der Waals surface area contributed by atoms with E-state index in [2.05, 4.69) is 20.6 Å². The summed E-state index contributed by atoms with van der Waals surface area (Å²) in [7, 11) is 0. The molecule has 1 saturated carbocycles. The molecule has 1 aliphatic carbocycles. The third-order valence-electron chi connectivity index (χ3n) is 6.12. The van der Waals surface area contributed by atoms with Gasteiger partial charge in [0.1, 0.15) is 11.4 Å². The maximum atomic E-state index is 14.6. The van der Waals surface area contributed by atoms with Gasteiger partial charge >= 0.3 is 12.2 Å². The van der Waals surface area contributed by atoms with Crippen molar-refractivity contribution in [1.29, 1.82) is 0 Å². The summed E-state index contributed by atoms with van der Waals surface area (Å²) >= 11 is 6.02. The van der Waals surface area contributed by atoms with E-state index in [9.17, 15) is 22.4 Å². The van der Waals surface area contributed by atoms with E-state index in [-0.39, 0.29) is 23.7 Å². The van der Waals surface area contributed by atoms with Crippen LogP contribution >= 0.6 is 11.6 Å². The van der Waals surface area contributed by atoms with Crippen molar-refractivity contribution < 1.29 is 22.4 Å². The van der Waals surface area contributed by atoms with Crippen molar-refractivity contribution in [3.05, 3.63) is 94.3 Å². The fraction of sp³-hybridized carbons (Fsp3) is 0.320. The van der Waals surface area contributed by atoms with E-state index >= 15 is 0 Å². The Morgan fingerprint density at radius 3 is 2.34 bits per heavy atom. The molecule has 10 heteroatoms. The van der Waals surface area contributed by atoms with E-state index in [4.69, 9.17) is 11.6 Å². The molecule has 184 valence electrons. The molecule has 3 aromatic rings. The first-order valence-electron chi connectivity index (χ1n) is 11.1. The lowest BCUT2D eigenvalue weighted by molar-refractivity contribution is -0.137. The van der Waals surface area contributed by atoms with Gasteiger partial charge in [-0.15, -0.1) is 0 Å². The molecule has 2 heterocycles.